The number of sulfonamides is 1. The highest BCUT2D eigenvalue weighted by Crippen LogP contribution is 2.23. The quantitative estimate of drug-likeness (QED) is 0.665. The maximum Gasteiger partial charge on any atom is 0.284 e. The molecule has 3 aromatic rings. The zero-order valence-corrected chi connectivity index (χ0v) is 18.0. The largest absolute Gasteiger partial charge is 0.362 e. The predicted octanol–water partition coefficient (Wildman–Crippen LogP) is 3.85. The molecule has 0 spiro atoms. The smallest absolute Gasteiger partial charge is 0.284 e. The van der Waals surface area contributed by atoms with Crippen molar-refractivity contribution < 1.29 is 13.2 Å². The van der Waals surface area contributed by atoms with Crippen molar-refractivity contribution in [3.8, 4) is 0 Å². The summed E-state index contributed by atoms with van der Waals surface area (Å²) in [4.78, 5) is 17.8. The molecule has 0 aliphatic carbocycles. The van der Waals surface area contributed by atoms with Gasteiger partial charge in [-0.3, -0.25) is 4.79 Å². The summed E-state index contributed by atoms with van der Waals surface area (Å²) in [6.07, 6.45) is 1.54. The van der Waals surface area contributed by atoms with Crippen molar-refractivity contribution in [3.05, 3.63) is 59.3 Å². The Morgan fingerprint density at radius 3 is 2.70 bits per heavy atom. The maximum atomic E-state index is 12.7. The number of nitrogens with one attached hydrogen (secondary N) is 2. The zero-order valence-electron chi connectivity index (χ0n) is 17.2. The zero-order chi connectivity index (χ0) is 21.5. The summed E-state index contributed by atoms with van der Waals surface area (Å²) >= 11 is 0. The van der Waals surface area contributed by atoms with Crippen molar-refractivity contribution in [3.63, 3.8) is 0 Å². The number of rotatable bonds is 4. The van der Waals surface area contributed by atoms with E-state index in [0.29, 0.717) is 23.6 Å². The highest BCUT2D eigenvalue weighted by molar-refractivity contribution is 7.90. The lowest BCUT2D eigenvalue weighted by Gasteiger charge is -2.11. The molecule has 0 atom stereocenters. The minimum atomic E-state index is -3.84. The first kappa shape index (κ1) is 20.2. The number of aryl methyl sites for hydroxylation is 2. The van der Waals surface area contributed by atoms with E-state index in [0.717, 1.165) is 35.0 Å². The fraction of sp³-hybridized carbons (Fsp3) is 0.273. The number of nitrogens with zero attached hydrogens (tertiary/aromatic N) is 2. The van der Waals surface area contributed by atoms with Gasteiger partial charge in [0.05, 0.1) is 4.90 Å². The molecule has 1 aromatic heterocycles. The van der Waals surface area contributed by atoms with Gasteiger partial charge in [0.15, 0.2) is 0 Å². The highest BCUT2D eigenvalue weighted by Gasteiger charge is 2.21. The number of fused-ring (bicyclic) bond motifs is 1. The standard InChI is InChI=1S/C22H24N4O3S/c1-14-10-15(2)18-13-20(24-19(18)11-14)22(27)23-16-6-4-7-17(12-16)30(28,29)25-21-8-5-9-26(21)3/h4,6-7,10-13,24H,5,8-9H2,1-3H3,(H,23,27)/b25-21-. The van der Waals surface area contributed by atoms with E-state index >= 15 is 0 Å². The number of aromatic amines is 1. The van der Waals surface area contributed by atoms with E-state index < -0.39 is 10.0 Å². The molecule has 0 radical (unpaired) electrons. The van der Waals surface area contributed by atoms with Gasteiger partial charge >= 0.3 is 0 Å². The first-order valence-corrected chi connectivity index (χ1v) is 11.2. The predicted molar refractivity (Wildman–Crippen MR) is 119 cm³/mol. The molecule has 2 aromatic carbocycles. The summed E-state index contributed by atoms with van der Waals surface area (Å²) in [5.74, 6) is 0.229. The van der Waals surface area contributed by atoms with Gasteiger partial charge in [-0.05, 0) is 61.7 Å². The van der Waals surface area contributed by atoms with Crippen LogP contribution in [0.25, 0.3) is 10.9 Å². The van der Waals surface area contributed by atoms with Crippen molar-refractivity contribution in [2.75, 3.05) is 18.9 Å². The van der Waals surface area contributed by atoms with Crippen molar-refractivity contribution in [2.45, 2.75) is 31.6 Å². The Balaban J connectivity index is 1.59. The Labute approximate surface area is 175 Å². The SMILES string of the molecule is Cc1cc(C)c2cc(C(=O)Nc3cccc(S(=O)(=O)/N=C4/CCCN4C)c3)[nH]c2c1. The number of H-pyrrole nitrogens is 1. The molecule has 156 valence electrons. The number of aromatic nitrogens is 1. The number of hydrogen-bond acceptors (Lipinski definition) is 3. The topological polar surface area (TPSA) is 94.6 Å². The molecule has 7 nitrogen and oxygen atoms in total. The van der Waals surface area contributed by atoms with E-state index in [1.165, 1.54) is 12.1 Å². The van der Waals surface area contributed by atoms with Crippen molar-refractivity contribution in [2.24, 2.45) is 4.40 Å². The summed E-state index contributed by atoms with van der Waals surface area (Å²) in [5, 5.41) is 3.76. The monoisotopic (exact) mass is 424 g/mol. The first-order valence-electron chi connectivity index (χ1n) is 9.79. The number of carbonyl (C=O) groups excluding carboxylic acids is 1. The van der Waals surface area contributed by atoms with Crippen LogP contribution in [-0.2, 0) is 10.0 Å². The van der Waals surface area contributed by atoms with Gasteiger partial charge in [-0.2, -0.15) is 8.42 Å². The number of amidine groups is 1. The molecule has 0 saturated carbocycles. The summed E-state index contributed by atoms with van der Waals surface area (Å²) < 4.78 is 29.4. The first-order chi connectivity index (χ1) is 14.2. The number of benzene rings is 2. The molecule has 0 bridgehead atoms. The summed E-state index contributed by atoms with van der Waals surface area (Å²) in [7, 11) is -2.01. The molecule has 1 amide bonds. The molecule has 1 aliphatic heterocycles. The Kier molecular flexibility index (Phi) is 5.11. The van der Waals surface area contributed by atoms with E-state index in [-0.39, 0.29) is 10.8 Å². The van der Waals surface area contributed by atoms with E-state index in [2.05, 4.69) is 20.8 Å². The van der Waals surface area contributed by atoms with Crippen molar-refractivity contribution >= 4 is 38.4 Å². The lowest BCUT2D eigenvalue weighted by atomic mass is 10.1. The Bertz CT molecular complexity index is 1270. The van der Waals surface area contributed by atoms with Crippen LogP contribution in [0.2, 0.25) is 0 Å². The van der Waals surface area contributed by atoms with Crippen LogP contribution in [0, 0.1) is 13.8 Å². The minimum absolute atomic E-state index is 0.0521. The van der Waals surface area contributed by atoms with Gasteiger partial charge in [-0.1, -0.05) is 12.1 Å². The van der Waals surface area contributed by atoms with Gasteiger partial charge in [0.2, 0.25) is 0 Å². The average Bonchev–Trinajstić information content (AvgIpc) is 3.28. The van der Waals surface area contributed by atoms with E-state index in [4.69, 9.17) is 0 Å². The molecule has 0 unspecified atom stereocenters. The molecular weight excluding hydrogens is 400 g/mol. The van der Waals surface area contributed by atoms with Crippen LogP contribution in [-0.4, -0.2) is 43.6 Å². The normalized spacial score (nSPS) is 15.8. The fourth-order valence-corrected chi connectivity index (χ4v) is 4.90. The number of hydrogen-bond donors (Lipinski definition) is 2. The molecular formula is C22H24N4O3S. The average molecular weight is 425 g/mol. The van der Waals surface area contributed by atoms with Gasteiger partial charge in [0.25, 0.3) is 15.9 Å². The number of amides is 1. The molecule has 4 rings (SSSR count). The van der Waals surface area contributed by atoms with E-state index in [9.17, 15) is 13.2 Å². The van der Waals surface area contributed by atoms with E-state index in [1.807, 2.05) is 37.9 Å². The summed E-state index contributed by atoms with van der Waals surface area (Å²) in [5.41, 5.74) is 3.91. The molecule has 1 fully saturated rings. The highest BCUT2D eigenvalue weighted by atomic mass is 32.2. The Morgan fingerprint density at radius 1 is 1.17 bits per heavy atom. The summed E-state index contributed by atoms with van der Waals surface area (Å²) in [6.45, 7) is 4.81. The fourth-order valence-electron chi connectivity index (χ4n) is 3.76. The second kappa shape index (κ2) is 7.60. The van der Waals surface area contributed by atoms with Crippen LogP contribution in [0.5, 0.6) is 0 Å². The number of carbonyl (C=O) groups is 1. The van der Waals surface area contributed by atoms with Gasteiger partial charge in [0.1, 0.15) is 11.5 Å². The minimum Gasteiger partial charge on any atom is -0.362 e. The third-order valence-corrected chi connectivity index (χ3v) is 6.58. The van der Waals surface area contributed by atoms with Crippen LogP contribution in [0.4, 0.5) is 5.69 Å². The lowest BCUT2D eigenvalue weighted by molar-refractivity contribution is 0.102. The van der Waals surface area contributed by atoms with Crippen LogP contribution >= 0.6 is 0 Å². The number of anilines is 1. The van der Waals surface area contributed by atoms with Crippen LogP contribution in [0.15, 0.2) is 51.8 Å². The third kappa shape index (κ3) is 3.95. The van der Waals surface area contributed by atoms with Gasteiger partial charge in [-0.25, -0.2) is 0 Å². The molecule has 30 heavy (non-hydrogen) atoms. The molecule has 1 aliphatic rings. The van der Waals surface area contributed by atoms with E-state index in [1.54, 1.807) is 12.1 Å². The van der Waals surface area contributed by atoms with Gasteiger partial charge < -0.3 is 15.2 Å². The Morgan fingerprint density at radius 2 is 1.97 bits per heavy atom. The summed E-state index contributed by atoms with van der Waals surface area (Å²) in [6, 6.07) is 12.0. The third-order valence-electron chi connectivity index (χ3n) is 5.28. The lowest BCUT2D eigenvalue weighted by Crippen LogP contribution is -2.20. The van der Waals surface area contributed by atoms with Crippen LogP contribution in [0.1, 0.15) is 34.5 Å². The van der Waals surface area contributed by atoms with Crippen molar-refractivity contribution in [1.82, 2.24) is 9.88 Å². The molecule has 8 heteroatoms. The van der Waals surface area contributed by atoms with Gasteiger partial charge in [-0.15, -0.1) is 4.40 Å². The van der Waals surface area contributed by atoms with Crippen molar-refractivity contribution in [1.29, 1.82) is 0 Å². The van der Waals surface area contributed by atoms with Crippen LogP contribution in [0.3, 0.4) is 0 Å². The molecule has 2 N–H and O–H groups in total. The molecule has 1 saturated heterocycles. The molecule has 2 heterocycles. The van der Waals surface area contributed by atoms with Crippen LogP contribution < -0.4 is 5.32 Å². The van der Waals surface area contributed by atoms with Gasteiger partial charge in [0, 0.05) is 36.6 Å². The second-order valence-corrected chi connectivity index (χ2v) is 9.32. The Hall–Kier alpha value is -3.13. The second-order valence-electron chi connectivity index (χ2n) is 7.72. The maximum absolute atomic E-state index is 12.7. The number of likely N-dealkylation sites (tertiary alicyclic amines) is 1.